The van der Waals surface area contributed by atoms with Crippen molar-refractivity contribution in [3.8, 4) is 0 Å². The largest absolute Gasteiger partial charge is 0.468 e. The van der Waals surface area contributed by atoms with E-state index in [2.05, 4.69) is 0 Å². The molecule has 6 nitrogen and oxygen atoms in total. The number of thiophene rings is 1. The molecule has 0 bridgehead atoms. The zero-order chi connectivity index (χ0) is 20.3. The molecule has 1 aromatic carbocycles. The summed E-state index contributed by atoms with van der Waals surface area (Å²) in [6.45, 7) is 3.47. The molecule has 8 heteroatoms. The Kier molecular flexibility index (Phi) is 6.49. The fourth-order valence-corrected chi connectivity index (χ4v) is 4.37. The van der Waals surface area contributed by atoms with Crippen molar-refractivity contribution in [3.63, 3.8) is 0 Å². The predicted octanol–water partition coefficient (Wildman–Crippen LogP) is 3.28. The van der Waals surface area contributed by atoms with E-state index in [1.165, 1.54) is 25.4 Å². The molecule has 0 aliphatic carbocycles. The smallest absolute Gasteiger partial charge is 0.327 e. The minimum atomic E-state index is -0.609. The normalized spacial score (nSPS) is 15.9. The van der Waals surface area contributed by atoms with E-state index in [0.29, 0.717) is 46.5 Å². The number of piperazine rings is 1. The van der Waals surface area contributed by atoms with Gasteiger partial charge in [-0.2, -0.15) is 0 Å². The SMILES string of the molecule is COC(=O)C(c1ccccc1Cl)N1CCN(C(=O)c2ccc(C(C)=O)s2)CC1. The van der Waals surface area contributed by atoms with Gasteiger partial charge < -0.3 is 9.64 Å². The second kappa shape index (κ2) is 8.86. The number of benzene rings is 1. The summed E-state index contributed by atoms with van der Waals surface area (Å²) < 4.78 is 4.99. The third-order valence-electron chi connectivity index (χ3n) is 4.75. The number of esters is 1. The first-order valence-electron chi connectivity index (χ1n) is 8.88. The van der Waals surface area contributed by atoms with Crippen molar-refractivity contribution in [1.82, 2.24) is 9.80 Å². The molecule has 0 saturated carbocycles. The highest BCUT2D eigenvalue weighted by Crippen LogP contribution is 2.30. The predicted molar refractivity (Wildman–Crippen MR) is 108 cm³/mol. The number of halogens is 1. The molecule has 1 amide bonds. The Labute approximate surface area is 172 Å². The highest BCUT2D eigenvalue weighted by molar-refractivity contribution is 7.15. The molecule has 1 aliphatic heterocycles. The summed E-state index contributed by atoms with van der Waals surface area (Å²) in [7, 11) is 1.36. The van der Waals surface area contributed by atoms with Gasteiger partial charge in [-0.05, 0) is 30.7 Å². The number of carbonyl (C=O) groups is 3. The second-order valence-electron chi connectivity index (χ2n) is 6.50. The van der Waals surface area contributed by atoms with Crippen LogP contribution < -0.4 is 0 Å². The van der Waals surface area contributed by atoms with Gasteiger partial charge in [-0.3, -0.25) is 14.5 Å². The van der Waals surface area contributed by atoms with E-state index in [4.69, 9.17) is 16.3 Å². The molecule has 3 rings (SSSR count). The van der Waals surface area contributed by atoms with Crippen LogP contribution in [0.3, 0.4) is 0 Å². The molecule has 0 N–H and O–H groups in total. The lowest BCUT2D eigenvalue weighted by Crippen LogP contribution is -2.51. The Morgan fingerprint density at radius 2 is 1.68 bits per heavy atom. The molecule has 0 radical (unpaired) electrons. The lowest BCUT2D eigenvalue weighted by molar-refractivity contribution is -0.148. The monoisotopic (exact) mass is 420 g/mol. The highest BCUT2D eigenvalue weighted by atomic mass is 35.5. The summed E-state index contributed by atoms with van der Waals surface area (Å²) >= 11 is 7.51. The quantitative estimate of drug-likeness (QED) is 0.548. The number of carbonyl (C=O) groups excluding carboxylic acids is 3. The van der Waals surface area contributed by atoms with Gasteiger partial charge in [0.05, 0.1) is 16.9 Å². The van der Waals surface area contributed by atoms with E-state index in [1.54, 1.807) is 23.1 Å². The van der Waals surface area contributed by atoms with Gasteiger partial charge in [0, 0.05) is 31.2 Å². The van der Waals surface area contributed by atoms with Crippen LogP contribution in [0.15, 0.2) is 36.4 Å². The van der Waals surface area contributed by atoms with Gasteiger partial charge in [-0.1, -0.05) is 29.8 Å². The van der Waals surface area contributed by atoms with E-state index >= 15 is 0 Å². The molecular formula is C20H21ClN2O4S. The molecule has 2 aromatic rings. The molecule has 2 heterocycles. The summed E-state index contributed by atoms with van der Waals surface area (Å²) in [6.07, 6.45) is 0. The van der Waals surface area contributed by atoms with Gasteiger partial charge in [0.2, 0.25) is 0 Å². The van der Waals surface area contributed by atoms with E-state index in [1.807, 2.05) is 23.1 Å². The summed E-state index contributed by atoms with van der Waals surface area (Å²) in [5.41, 5.74) is 0.695. The van der Waals surface area contributed by atoms with Crippen molar-refractivity contribution in [2.24, 2.45) is 0 Å². The molecule has 1 aliphatic rings. The fraction of sp³-hybridized carbons (Fsp3) is 0.350. The number of amides is 1. The number of methoxy groups -OCH3 is 1. The van der Waals surface area contributed by atoms with Crippen LogP contribution in [-0.2, 0) is 9.53 Å². The molecule has 148 valence electrons. The minimum Gasteiger partial charge on any atom is -0.468 e. The first-order chi connectivity index (χ1) is 13.4. The number of ketones is 1. The van der Waals surface area contributed by atoms with Crippen molar-refractivity contribution in [2.75, 3.05) is 33.3 Å². The van der Waals surface area contributed by atoms with Crippen molar-refractivity contribution < 1.29 is 19.1 Å². The Bertz CT molecular complexity index is 890. The third kappa shape index (κ3) is 4.27. The zero-order valence-electron chi connectivity index (χ0n) is 15.7. The van der Waals surface area contributed by atoms with Crippen LogP contribution in [-0.4, -0.2) is 60.7 Å². The lowest BCUT2D eigenvalue weighted by atomic mass is 10.0. The molecule has 1 fully saturated rings. The van der Waals surface area contributed by atoms with Crippen LogP contribution in [0, 0.1) is 0 Å². The number of nitrogens with zero attached hydrogens (tertiary/aromatic N) is 2. The summed E-state index contributed by atoms with van der Waals surface area (Å²) in [4.78, 5) is 41.5. The van der Waals surface area contributed by atoms with Crippen molar-refractivity contribution in [2.45, 2.75) is 13.0 Å². The zero-order valence-corrected chi connectivity index (χ0v) is 17.3. The average Bonchev–Trinajstić information content (AvgIpc) is 3.20. The Balaban J connectivity index is 1.72. The number of rotatable bonds is 5. The third-order valence-corrected chi connectivity index (χ3v) is 6.27. The molecular weight excluding hydrogens is 400 g/mol. The van der Waals surface area contributed by atoms with Gasteiger partial charge in [0.15, 0.2) is 5.78 Å². The van der Waals surface area contributed by atoms with Crippen LogP contribution in [0.1, 0.15) is 37.9 Å². The van der Waals surface area contributed by atoms with E-state index in [0.717, 1.165) is 0 Å². The van der Waals surface area contributed by atoms with E-state index in [-0.39, 0.29) is 17.7 Å². The maximum Gasteiger partial charge on any atom is 0.327 e. The van der Waals surface area contributed by atoms with Gasteiger partial charge in [0.1, 0.15) is 6.04 Å². The lowest BCUT2D eigenvalue weighted by Gasteiger charge is -2.38. The molecule has 28 heavy (non-hydrogen) atoms. The van der Waals surface area contributed by atoms with Gasteiger partial charge in [-0.25, -0.2) is 4.79 Å². The average molecular weight is 421 g/mol. The second-order valence-corrected chi connectivity index (χ2v) is 7.99. The maximum atomic E-state index is 12.7. The highest BCUT2D eigenvalue weighted by Gasteiger charge is 2.34. The maximum absolute atomic E-state index is 12.7. The number of ether oxygens (including phenoxy) is 1. The molecule has 1 unspecified atom stereocenters. The molecule has 1 aromatic heterocycles. The van der Waals surface area contributed by atoms with Crippen molar-refractivity contribution in [1.29, 1.82) is 0 Å². The van der Waals surface area contributed by atoms with Crippen LogP contribution >= 0.6 is 22.9 Å². The van der Waals surface area contributed by atoms with Crippen molar-refractivity contribution in [3.05, 3.63) is 56.7 Å². The standard InChI is InChI=1S/C20H21ClN2O4S/c1-13(24)16-7-8-17(28-16)19(25)23-11-9-22(10-12-23)18(20(26)27-2)14-5-3-4-6-15(14)21/h3-8,18H,9-12H2,1-2H3. The number of hydrogen-bond acceptors (Lipinski definition) is 6. The Morgan fingerprint density at radius 3 is 2.25 bits per heavy atom. The number of Topliss-reactive ketones (excluding diaryl/α,β-unsaturated/α-hetero) is 1. The van der Waals surface area contributed by atoms with Crippen LogP contribution in [0.4, 0.5) is 0 Å². The molecule has 1 atom stereocenters. The van der Waals surface area contributed by atoms with E-state index < -0.39 is 6.04 Å². The summed E-state index contributed by atoms with van der Waals surface area (Å²) in [5, 5.41) is 0.506. The number of hydrogen-bond donors (Lipinski definition) is 0. The van der Waals surface area contributed by atoms with Gasteiger partial charge in [0.25, 0.3) is 5.91 Å². The minimum absolute atomic E-state index is 0.0467. The first kappa shape index (κ1) is 20.5. The Hall–Kier alpha value is -2.22. The van der Waals surface area contributed by atoms with E-state index in [9.17, 15) is 14.4 Å². The molecule has 1 saturated heterocycles. The Morgan fingerprint density at radius 1 is 1.04 bits per heavy atom. The van der Waals surface area contributed by atoms with Gasteiger partial charge >= 0.3 is 5.97 Å². The van der Waals surface area contributed by atoms with Crippen LogP contribution in [0.25, 0.3) is 0 Å². The van der Waals surface area contributed by atoms with Crippen molar-refractivity contribution >= 4 is 40.6 Å². The van der Waals surface area contributed by atoms with Gasteiger partial charge in [-0.15, -0.1) is 11.3 Å². The summed E-state index contributed by atoms with van der Waals surface area (Å²) in [5.74, 6) is -0.517. The first-order valence-corrected chi connectivity index (χ1v) is 10.1. The van der Waals surface area contributed by atoms with Crippen LogP contribution in [0.5, 0.6) is 0 Å². The van der Waals surface area contributed by atoms with Crippen LogP contribution in [0.2, 0.25) is 5.02 Å². The fourth-order valence-electron chi connectivity index (χ4n) is 3.26. The molecule has 0 spiro atoms. The topological polar surface area (TPSA) is 66.9 Å². The summed E-state index contributed by atoms with van der Waals surface area (Å²) in [6, 6.07) is 9.97.